The molecule has 0 saturated heterocycles. The molecule has 24 heavy (non-hydrogen) atoms. The number of nitrogens with one attached hydrogen (secondary N) is 1. The Morgan fingerprint density at radius 2 is 2.25 bits per heavy atom. The first kappa shape index (κ1) is 15.5. The number of aliphatic hydroxyl groups excluding tert-OH is 1. The average molecular weight is 343 g/mol. The van der Waals surface area contributed by atoms with Gasteiger partial charge in [-0.1, -0.05) is 24.6 Å². The first-order valence-corrected chi connectivity index (χ1v) is 8.57. The van der Waals surface area contributed by atoms with Crippen LogP contribution in [-0.4, -0.2) is 16.6 Å². The molecule has 3 heterocycles. The van der Waals surface area contributed by atoms with Gasteiger partial charge in [0.1, 0.15) is 17.4 Å². The summed E-state index contributed by atoms with van der Waals surface area (Å²) < 4.78 is 6.03. The van der Waals surface area contributed by atoms with Crippen molar-refractivity contribution in [2.24, 2.45) is 5.92 Å². The van der Waals surface area contributed by atoms with E-state index in [1.165, 1.54) is 0 Å². The van der Waals surface area contributed by atoms with Crippen LogP contribution in [0.15, 0.2) is 40.9 Å². The number of nitrogens with zero attached hydrogens (tertiary/aromatic N) is 1. The molecule has 0 aliphatic carbocycles. The Labute approximate surface area is 145 Å². The number of furan rings is 1. The molecule has 0 bridgehead atoms. The van der Waals surface area contributed by atoms with Crippen LogP contribution >= 0.6 is 11.6 Å². The predicted molar refractivity (Wildman–Crippen MR) is 95.5 cm³/mol. The number of pyridine rings is 1. The number of aliphatic hydroxyl groups is 1. The lowest BCUT2D eigenvalue weighted by Gasteiger charge is -2.12. The first-order chi connectivity index (χ1) is 11.6. The van der Waals surface area contributed by atoms with Crippen molar-refractivity contribution >= 4 is 28.3 Å². The first-order valence-electron chi connectivity index (χ1n) is 8.19. The van der Waals surface area contributed by atoms with Gasteiger partial charge in [-0.05, 0) is 36.6 Å². The van der Waals surface area contributed by atoms with Crippen molar-refractivity contribution in [1.29, 1.82) is 0 Å². The standard InChI is InChI=1S/C19H19ClN2O2/c1-11-8-13-17-16(6-5-14(20)18(17)22-10-11)24-19(13)15(23)9-12-4-2-3-7-21-12/h2-7,11,15,22-23H,8-10H2,1H3. The van der Waals surface area contributed by atoms with Crippen LogP contribution in [0, 0.1) is 5.92 Å². The van der Waals surface area contributed by atoms with Gasteiger partial charge >= 0.3 is 0 Å². The molecule has 2 atom stereocenters. The van der Waals surface area contributed by atoms with Crippen LogP contribution in [0.3, 0.4) is 0 Å². The van der Waals surface area contributed by atoms with Gasteiger partial charge in [-0.2, -0.15) is 0 Å². The maximum Gasteiger partial charge on any atom is 0.137 e. The van der Waals surface area contributed by atoms with Crippen molar-refractivity contribution in [1.82, 2.24) is 4.98 Å². The van der Waals surface area contributed by atoms with Crippen molar-refractivity contribution in [3.8, 4) is 0 Å². The minimum atomic E-state index is -0.723. The minimum Gasteiger partial charge on any atom is -0.458 e. The van der Waals surface area contributed by atoms with Crippen molar-refractivity contribution < 1.29 is 9.52 Å². The van der Waals surface area contributed by atoms with Gasteiger partial charge in [-0.3, -0.25) is 4.98 Å². The zero-order valence-electron chi connectivity index (χ0n) is 13.4. The van der Waals surface area contributed by atoms with E-state index in [4.69, 9.17) is 16.0 Å². The smallest absolute Gasteiger partial charge is 0.137 e. The number of hydrogen-bond donors (Lipinski definition) is 2. The number of rotatable bonds is 3. The fraction of sp³-hybridized carbons (Fsp3) is 0.316. The lowest BCUT2D eigenvalue weighted by Crippen LogP contribution is -2.12. The number of anilines is 1. The highest BCUT2D eigenvalue weighted by Crippen LogP contribution is 2.42. The molecule has 1 aliphatic rings. The number of halogens is 1. The zero-order valence-corrected chi connectivity index (χ0v) is 14.2. The van der Waals surface area contributed by atoms with Crippen LogP contribution < -0.4 is 5.32 Å². The van der Waals surface area contributed by atoms with Crippen molar-refractivity contribution in [2.45, 2.75) is 25.9 Å². The zero-order chi connectivity index (χ0) is 16.7. The van der Waals surface area contributed by atoms with E-state index in [2.05, 4.69) is 17.2 Å². The molecule has 1 aliphatic heterocycles. The van der Waals surface area contributed by atoms with Crippen LogP contribution in [0.4, 0.5) is 5.69 Å². The molecule has 4 rings (SSSR count). The monoisotopic (exact) mass is 342 g/mol. The van der Waals surface area contributed by atoms with Gasteiger partial charge in [0, 0.05) is 35.8 Å². The van der Waals surface area contributed by atoms with E-state index >= 15 is 0 Å². The van der Waals surface area contributed by atoms with E-state index < -0.39 is 6.10 Å². The molecule has 1 aromatic carbocycles. The van der Waals surface area contributed by atoms with E-state index in [1.807, 2.05) is 30.3 Å². The maximum absolute atomic E-state index is 10.8. The van der Waals surface area contributed by atoms with Gasteiger partial charge in [0.25, 0.3) is 0 Å². The Kier molecular flexibility index (Phi) is 3.94. The van der Waals surface area contributed by atoms with Crippen molar-refractivity contribution in [2.75, 3.05) is 11.9 Å². The van der Waals surface area contributed by atoms with Gasteiger partial charge in [-0.15, -0.1) is 0 Å². The van der Waals surface area contributed by atoms with Gasteiger partial charge < -0.3 is 14.8 Å². The van der Waals surface area contributed by atoms with E-state index in [1.54, 1.807) is 6.20 Å². The SMILES string of the molecule is CC1CNc2c(Cl)ccc3oc(C(O)Cc4ccccn4)c(c23)C1. The highest BCUT2D eigenvalue weighted by Gasteiger charge is 2.27. The third kappa shape index (κ3) is 2.66. The second-order valence-electron chi connectivity index (χ2n) is 6.47. The predicted octanol–water partition coefficient (Wildman–Crippen LogP) is 4.36. The molecule has 124 valence electrons. The fourth-order valence-corrected chi connectivity index (χ4v) is 3.62. The summed E-state index contributed by atoms with van der Waals surface area (Å²) in [6.45, 7) is 3.03. The molecule has 2 N–H and O–H groups in total. The van der Waals surface area contributed by atoms with Crippen LogP contribution in [0.1, 0.15) is 30.0 Å². The molecule has 0 spiro atoms. The Balaban J connectivity index is 1.81. The molecule has 0 saturated carbocycles. The Morgan fingerprint density at radius 3 is 3.04 bits per heavy atom. The summed E-state index contributed by atoms with van der Waals surface area (Å²) in [7, 11) is 0. The third-order valence-corrected chi connectivity index (χ3v) is 4.86. The minimum absolute atomic E-state index is 0.426. The molecular weight excluding hydrogens is 324 g/mol. The van der Waals surface area contributed by atoms with E-state index in [-0.39, 0.29) is 0 Å². The normalized spacial score (nSPS) is 18.2. The molecule has 2 unspecified atom stereocenters. The number of hydrogen-bond acceptors (Lipinski definition) is 4. The summed E-state index contributed by atoms with van der Waals surface area (Å²) in [6, 6.07) is 9.42. The van der Waals surface area contributed by atoms with E-state index in [0.717, 1.165) is 40.9 Å². The summed E-state index contributed by atoms with van der Waals surface area (Å²) in [5.74, 6) is 1.06. The van der Waals surface area contributed by atoms with Gasteiger partial charge in [0.15, 0.2) is 0 Å². The molecule has 5 heteroatoms. The van der Waals surface area contributed by atoms with Crippen molar-refractivity contribution in [3.63, 3.8) is 0 Å². The topological polar surface area (TPSA) is 58.3 Å². The molecule has 0 amide bonds. The quantitative estimate of drug-likeness (QED) is 0.742. The molecule has 0 fully saturated rings. The van der Waals surface area contributed by atoms with Crippen molar-refractivity contribution in [3.05, 3.63) is 58.6 Å². The van der Waals surface area contributed by atoms with E-state index in [0.29, 0.717) is 23.1 Å². The molecule has 3 aromatic rings. The highest BCUT2D eigenvalue weighted by atomic mass is 35.5. The van der Waals surface area contributed by atoms with E-state index in [9.17, 15) is 5.11 Å². The summed E-state index contributed by atoms with van der Waals surface area (Å²) in [5.41, 5.74) is 3.58. The summed E-state index contributed by atoms with van der Waals surface area (Å²) in [5, 5.41) is 15.9. The van der Waals surface area contributed by atoms with Gasteiger partial charge in [0.2, 0.25) is 0 Å². The highest BCUT2D eigenvalue weighted by molar-refractivity contribution is 6.35. The Bertz CT molecular complexity index is 876. The van der Waals surface area contributed by atoms with Gasteiger partial charge in [0.05, 0.1) is 10.7 Å². The summed E-state index contributed by atoms with van der Waals surface area (Å²) in [4.78, 5) is 4.30. The molecular formula is C19H19ClN2O2. The number of aromatic nitrogens is 1. The lowest BCUT2D eigenvalue weighted by molar-refractivity contribution is 0.150. The third-order valence-electron chi connectivity index (χ3n) is 4.55. The average Bonchev–Trinajstić information content (AvgIpc) is 2.83. The second-order valence-corrected chi connectivity index (χ2v) is 6.88. The molecule has 2 aromatic heterocycles. The summed E-state index contributed by atoms with van der Waals surface area (Å²) in [6.07, 6.45) is 2.29. The van der Waals surface area contributed by atoms with Crippen LogP contribution in [0.5, 0.6) is 0 Å². The fourth-order valence-electron chi connectivity index (χ4n) is 3.40. The summed E-state index contributed by atoms with van der Waals surface area (Å²) >= 11 is 6.37. The van der Waals surface area contributed by atoms with Crippen LogP contribution in [0.25, 0.3) is 11.0 Å². The Morgan fingerprint density at radius 1 is 1.38 bits per heavy atom. The largest absolute Gasteiger partial charge is 0.458 e. The lowest BCUT2D eigenvalue weighted by atomic mass is 9.97. The second kappa shape index (κ2) is 6.11. The molecule has 4 nitrogen and oxygen atoms in total. The van der Waals surface area contributed by atoms with Crippen LogP contribution in [0.2, 0.25) is 5.02 Å². The van der Waals surface area contributed by atoms with Crippen LogP contribution in [-0.2, 0) is 12.8 Å². The molecule has 0 radical (unpaired) electrons. The van der Waals surface area contributed by atoms with Gasteiger partial charge in [-0.25, -0.2) is 0 Å². The Hall–Kier alpha value is -2.04. The maximum atomic E-state index is 10.8. The number of benzene rings is 1.